The standard InChI is InChI=1S/C16H12BrN3O2S/c17-12-8-6-11(7-9-12)15-18-19-16(23-15)13(14(21)20-22)10-4-2-1-3-5-10/h1-9,13,22H,(H,20,21). The van der Waals surface area contributed by atoms with Gasteiger partial charge in [-0.15, -0.1) is 10.2 Å². The first-order chi connectivity index (χ1) is 11.2. The fourth-order valence-electron chi connectivity index (χ4n) is 2.18. The second-order valence-corrected chi connectivity index (χ2v) is 6.70. The van der Waals surface area contributed by atoms with Crippen LogP contribution in [0, 0.1) is 0 Å². The Kier molecular flexibility index (Phi) is 4.80. The summed E-state index contributed by atoms with van der Waals surface area (Å²) in [5.74, 6) is -1.22. The van der Waals surface area contributed by atoms with E-state index in [1.807, 2.05) is 54.6 Å². The molecule has 2 aromatic carbocycles. The maximum Gasteiger partial charge on any atom is 0.257 e. The molecule has 2 N–H and O–H groups in total. The van der Waals surface area contributed by atoms with Gasteiger partial charge < -0.3 is 0 Å². The summed E-state index contributed by atoms with van der Waals surface area (Å²) in [6.45, 7) is 0. The third kappa shape index (κ3) is 3.47. The summed E-state index contributed by atoms with van der Waals surface area (Å²) in [7, 11) is 0. The van der Waals surface area contributed by atoms with Gasteiger partial charge in [0.1, 0.15) is 15.9 Å². The molecular weight excluding hydrogens is 378 g/mol. The number of hydrogen-bond donors (Lipinski definition) is 2. The van der Waals surface area contributed by atoms with Crippen LogP contribution in [0.4, 0.5) is 0 Å². The molecule has 0 spiro atoms. The number of nitrogens with one attached hydrogen (secondary N) is 1. The van der Waals surface area contributed by atoms with Crippen LogP contribution in [0.15, 0.2) is 59.1 Å². The molecule has 3 rings (SSSR count). The van der Waals surface area contributed by atoms with Crippen molar-refractivity contribution in [2.45, 2.75) is 5.92 Å². The van der Waals surface area contributed by atoms with Crippen LogP contribution in [0.3, 0.4) is 0 Å². The summed E-state index contributed by atoms with van der Waals surface area (Å²) in [6, 6.07) is 16.9. The van der Waals surface area contributed by atoms with E-state index < -0.39 is 11.8 Å². The summed E-state index contributed by atoms with van der Waals surface area (Å²) in [4.78, 5) is 12.1. The number of amides is 1. The molecule has 0 aliphatic carbocycles. The molecule has 0 radical (unpaired) electrons. The zero-order valence-corrected chi connectivity index (χ0v) is 14.2. The molecule has 5 nitrogen and oxygen atoms in total. The first kappa shape index (κ1) is 15.8. The molecule has 7 heteroatoms. The minimum Gasteiger partial charge on any atom is -0.289 e. The highest BCUT2D eigenvalue weighted by atomic mass is 79.9. The average molecular weight is 390 g/mol. The van der Waals surface area contributed by atoms with Crippen LogP contribution >= 0.6 is 27.3 Å². The second-order valence-electron chi connectivity index (χ2n) is 4.77. The molecule has 1 unspecified atom stereocenters. The van der Waals surface area contributed by atoms with E-state index >= 15 is 0 Å². The van der Waals surface area contributed by atoms with Gasteiger partial charge in [0.25, 0.3) is 5.91 Å². The highest BCUT2D eigenvalue weighted by Gasteiger charge is 2.26. The summed E-state index contributed by atoms with van der Waals surface area (Å²) in [6.07, 6.45) is 0. The van der Waals surface area contributed by atoms with E-state index in [4.69, 9.17) is 5.21 Å². The van der Waals surface area contributed by atoms with E-state index in [1.54, 1.807) is 5.48 Å². The van der Waals surface area contributed by atoms with E-state index in [-0.39, 0.29) is 0 Å². The molecule has 0 saturated carbocycles. The van der Waals surface area contributed by atoms with Crippen LogP contribution in [0.2, 0.25) is 0 Å². The Hall–Kier alpha value is -2.09. The lowest BCUT2D eigenvalue weighted by Crippen LogP contribution is -2.27. The second kappa shape index (κ2) is 6.99. The minimum absolute atomic E-state index is 0.528. The van der Waals surface area contributed by atoms with Crippen molar-refractivity contribution >= 4 is 33.2 Å². The SMILES string of the molecule is O=C(NO)C(c1ccccc1)c1nnc(-c2ccc(Br)cc2)s1. The quantitative estimate of drug-likeness (QED) is 0.527. The number of hydrogen-bond acceptors (Lipinski definition) is 5. The van der Waals surface area contributed by atoms with Gasteiger partial charge in [-0.05, 0) is 17.7 Å². The Morgan fingerprint density at radius 3 is 2.43 bits per heavy atom. The van der Waals surface area contributed by atoms with Crippen LogP contribution in [-0.4, -0.2) is 21.3 Å². The molecule has 0 saturated heterocycles. The van der Waals surface area contributed by atoms with E-state index in [2.05, 4.69) is 26.1 Å². The normalized spacial score (nSPS) is 11.9. The predicted octanol–water partition coefficient (Wildman–Crippen LogP) is 3.60. The molecule has 1 amide bonds. The maximum atomic E-state index is 12.1. The van der Waals surface area contributed by atoms with Crippen LogP contribution in [-0.2, 0) is 4.79 Å². The van der Waals surface area contributed by atoms with Crippen molar-refractivity contribution in [2.75, 3.05) is 0 Å². The van der Waals surface area contributed by atoms with Crippen LogP contribution in [0.25, 0.3) is 10.6 Å². The monoisotopic (exact) mass is 389 g/mol. The lowest BCUT2D eigenvalue weighted by molar-refractivity contribution is -0.129. The molecular formula is C16H12BrN3O2S. The molecule has 3 aromatic rings. The fourth-order valence-corrected chi connectivity index (χ4v) is 3.42. The molecule has 23 heavy (non-hydrogen) atoms. The summed E-state index contributed by atoms with van der Waals surface area (Å²) >= 11 is 4.72. The van der Waals surface area contributed by atoms with Crippen LogP contribution in [0.5, 0.6) is 0 Å². The van der Waals surface area contributed by atoms with Gasteiger partial charge in [0.2, 0.25) is 0 Å². The number of aromatic nitrogens is 2. The van der Waals surface area contributed by atoms with Gasteiger partial charge in [0, 0.05) is 10.0 Å². The lowest BCUT2D eigenvalue weighted by Gasteiger charge is -2.11. The van der Waals surface area contributed by atoms with Gasteiger partial charge in [-0.25, -0.2) is 5.48 Å². The van der Waals surface area contributed by atoms with Crippen LogP contribution < -0.4 is 5.48 Å². The Balaban J connectivity index is 1.98. The Bertz CT molecular complexity index is 806. The lowest BCUT2D eigenvalue weighted by atomic mass is 9.99. The molecule has 0 bridgehead atoms. The zero-order valence-electron chi connectivity index (χ0n) is 11.8. The van der Waals surface area contributed by atoms with Crippen molar-refractivity contribution in [3.63, 3.8) is 0 Å². The molecule has 0 aliphatic rings. The van der Waals surface area contributed by atoms with Gasteiger partial charge >= 0.3 is 0 Å². The smallest absolute Gasteiger partial charge is 0.257 e. The minimum atomic E-state index is -0.692. The average Bonchev–Trinajstić information content (AvgIpc) is 3.06. The molecule has 0 aliphatic heterocycles. The predicted molar refractivity (Wildman–Crippen MR) is 91.3 cm³/mol. The van der Waals surface area contributed by atoms with Crippen molar-refractivity contribution in [3.05, 3.63) is 69.6 Å². The number of carbonyl (C=O) groups excluding carboxylic acids is 1. The summed E-state index contributed by atoms with van der Waals surface area (Å²) in [5, 5.41) is 18.6. The molecule has 1 atom stereocenters. The van der Waals surface area contributed by atoms with Crippen molar-refractivity contribution in [1.29, 1.82) is 0 Å². The van der Waals surface area contributed by atoms with Crippen molar-refractivity contribution in [1.82, 2.24) is 15.7 Å². The maximum absolute atomic E-state index is 12.1. The van der Waals surface area contributed by atoms with E-state index in [0.717, 1.165) is 20.6 Å². The number of hydroxylamine groups is 1. The Labute approximate surface area is 145 Å². The first-order valence-electron chi connectivity index (χ1n) is 6.77. The van der Waals surface area contributed by atoms with Gasteiger partial charge in [-0.2, -0.15) is 0 Å². The Morgan fingerprint density at radius 1 is 1.09 bits per heavy atom. The number of halogens is 1. The zero-order chi connectivity index (χ0) is 16.2. The van der Waals surface area contributed by atoms with Crippen molar-refractivity contribution < 1.29 is 10.0 Å². The topological polar surface area (TPSA) is 75.1 Å². The number of carbonyl (C=O) groups is 1. The van der Waals surface area contributed by atoms with E-state index in [1.165, 1.54) is 11.3 Å². The molecule has 116 valence electrons. The third-order valence-electron chi connectivity index (χ3n) is 3.28. The van der Waals surface area contributed by atoms with Crippen LogP contribution in [0.1, 0.15) is 16.5 Å². The summed E-state index contributed by atoms with van der Waals surface area (Å²) < 4.78 is 0.979. The van der Waals surface area contributed by atoms with Crippen molar-refractivity contribution in [3.8, 4) is 10.6 Å². The van der Waals surface area contributed by atoms with E-state index in [9.17, 15) is 4.79 Å². The first-order valence-corrected chi connectivity index (χ1v) is 8.38. The third-order valence-corrected chi connectivity index (χ3v) is 4.85. The fraction of sp³-hybridized carbons (Fsp3) is 0.0625. The van der Waals surface area contributed by atoms with Gasteiger partial charge in [0.05, 0.1) is 0 Å². The molecule has 1 heterocycles. The number of rotatable bonds is 4. The Morgan fingerprint density at radius 2 is 1.78 bits per heavy atom. The highest BCUT2D eigenvalue weighted by Crippen LogP contribution is 2.32. The highest BCUT2D eigenvalue weighted by molar-refractivity contribution is 9.10. The molecule has 0 fully saturated rings. The van der Waals surface area contributed by atoms with Gasteiger partial charge in [0.15, 0.2) is 0 Å². The number of benzene rings is 2. The number of nitrogens with zero attached hydrogens (tertiary/aromatic N) is 2. The summed E-state index contributed by atoms with van der Waals surface area (Å²) in [5.41, 5.74) is 3.38. The van der Waals surface area contributed by atoms with E-state index in [0.29, 0.717) is 5.01 Å². The van der Waals surface area contributed by atoms with Crippen molar-refractivity contribution in [2.24, 2.45) is 0 Å². The van der Waals surface area contributed by atoms with Gasteiger partial charge in [-0.3, -0.25) is 10.0 Å². The van der Waals surface area contributed by atoms with Gasteiger partial charge in [-0.1, -0.05) is 69.7 Å². The molecule has 1 aromatic heterocycles. The largest absolute Gasteiger partial charge is 0.289 e.